The molecule has 0 bridgehead atoms. The number of anilines is 1. The minimum atomic E-state index is -0.622. The number of amides is 1. The number of hydrogen-bond acceptors (Lipinski definition) is 6. The van der Waals surface area contributed by atoms with Crippen LogP contribution < -0.4 is 25.2 Å². The Labute approximate surface area is 203 Å². The summed E-state index contributed by atoms with van der Waals surface area (Å²) >= 11 is 0. The van der Waals surface area contributed by atoms with Crippen LogP contribution in [0, 0.1) is 6.92 Å². The summed E-state index contributed by atoms with van der Waals surface area (Å²) in [6, 6.07) is 16.0. The average Bonchev–Trinajstić information content (AvgIpc) is 2.89. The zero-order valence-electron chi connectivity index (χ0n) is 20.4. The number of nitrogens with one attached hydrogen (secondary N) is 1. The Hall–Kier alpha value is -4.26. The summed E-state index contributed by atoms with van der Waals surface area (Å²) < 4.78 is 21.9. The molecule has 1 aromatic heterocycles. The van der Waals surface area contributed by atoms with Crippen LogP contribution in [0.4, 0.5) is 5.69 Å². The van der Waals surface area contributed by atoms with Crippen molar-refractivity contribution in [2.75, 3.05) is 26.6 Å². The number of methoxy groups -OCH3 is 3. The highest BCUT2D eigenvalue weighted by molar-refractivity contribution is 6.06. The van der Waals surface area contributed by atoms with E-state index in [2.05, 4.69) is 5.32 Å². The lowest BCUT2D eigenvalue weighted by Gasteiger charge is -2.14. The largest absolute Gasteiger partial charge is 0.497 e. The molecule has 0 atom stereocenters. The van der Waals surface area contributed by atoms with Gasteiger partial charge < -0.3 is 23.9 Å². The van der Waals surface area contributed by atoms with Crippen molar-refractivity contribution >= 4 is 22.6 Å². The normalized spacial score (nSPS) is 10.8. The minimum absolute atomic E-state index is 0.0481. The molecule has 0 saturated heterocycles. The fraction of sp³-hybridized carbons (Fsp3) is 0.214. The molecule has 0 aliphatic heterocycles. The summed E-state index contributed by atoms with van der Waals surface area (Å²) in [5, 5.41) is 3.36. The van der Waals surface area contributed by atoms with Gasteiger partial charge in [-0.3, -0.25) is 4.79 Å². The molecular weight excluding hydrogens is 446 g/mol. The molecule has 0 aliphatic rings. The summed E-state index contributed by atoms with van der Waals surface area (Å²) in [5.74, 6) is 1.55. The van der Waals surface area contributed by atoms with Crippen molar-refractivity contribution in [2.45, 2.75) is 20.3 Å². The van der Waals surface area contributed by atoms with Crippen LogP contribution in [0.2, 0.25) is 0 Å². The van der Waals surface area contributed by atoms with Gasteiger partial charge in [-0.2, -0.15) is 0 Å². The minimum Gasteiger partial charge on any atom is -0.497 e. The van der Waals surface area contributed by atoms with Crippen LogP contribution in [0.15, 0.2) is 63.8 Å². The number of aryl methyl sites for hydroxylation is 1. The third kappa shape index (κ3) is 4.57. The van der Waals surface area contributed by atoms with Crippen LogP contribution in [0.5, 0.6) is 17.2 Å². The van der Waals surface area contributed by atoms with Gasteiger partial charge in [-0.1, -0.05) is 19.1 Å². The van der Waals surface area contributed by atoms with E-state index in [1.807, 2.05) is 44.2 Å². The van der Waals surface area contributed by atoms with Crippen LogP contribution in [0.3, 0.4) is 0 Å². The monoisotopic (exact) mass is 473 g/mol. The summed E-state index contributed by atoms with van der Waals surface area (Å²) in [6.07, 6.45) is 0.736. The van der Waals surface area contributed by atoms with E-state index in [-0.39, 0.29) is 5.69 Å². The lowest BCUT2D eigenvalue weighted by molar-refractivity contribution is 0.102. The molecule has 180 valence electrons. The first kappa shape index (κ1) is 23.9. The van der Waals surface area contributed by atoms with Crippen LogP contribution in [-0.4, -0.2) is 27.2 Å². The number of benzene rings is 3. The van der Waals surface area contributed by atoms with Gasteiger partial charge >= 0.3 is 5.63 Å². The van der Waals surface area contributed by atoms with Crippen LogP contribution >= 0.6 is 0 Å². The van der Waals surface area contributed by atoms with Crippen molar-refractivity contribution in [3.63, 3.8) is 0 Å². The van der Waals surface area contributed by atoms with Crippen molar-refractivity contribution in [1.82, 2.24) is 0 Å². The molecular formula is C28H27NO6. The second-order valence-corrected chi connectivity index (χ2v) is 8.00. The maximum atomic E-state index is 13.1. The standard InChI is InChI=1S/C28H27NO6/c1-6-21-16(2)26-19(15-25(21)34-5)14-23(28(31)35-26)29-27(30)18-10-11-24(33-4)22(13-18)17-8-7-9-20(12-17)32-3/h7-15H,6H2,1-5H3,(H,29,30). The maximum Gasteiger partial charge on any atom is 0.360 e. The summed E-state index contributed by atoms with van der Waals surface area (Å²) in [7, 11) is 4.76. The number of hydrogen-bond donors (Lipinski definition) is 1. The highest BCUT2D eigenvalue weighted by Crippen LogP contribution is 2.34. The quantitative estimate of drug-likeness (QED) is 0.351. The lowest BCUT2D eigenvalue weighted by atomic mass is 10.0. The third-order valence-corrected chi connectivity index (χ3v) is 6.02. The van der Waals surface area contributed by atoms with Gasteiger partial charge in [0.1, 0.15) is 28.5 Å². The predicted octanol–water partition coefficient (Wildman–Crippen LogP) is 5.61. The molecule has 35 heavy (non-hydrogen) atoms. The Morgan fingerprint density at radius 2 is 1.71 bits per heavy atom. The highest BCUT2D eigenvalue weighted by Gasteiger charge is 2.17. The van der Waals surface area contributed by atoms with Gasteiger partial charge in [0.2, 0.25) is 0 Å². The molecule has 1 heterocycles. The van der Waals surface area contributed by atoms with Crippen molar-refractivity contribution < 1.29 is 23.4 Å². The Morgan fingerprint density at radius 1 is 0.943 bits per heavy atom. The lowest BCUT2D eigenvalue weighted by Crippen LogP contribution is -2.18. The van der Waals surface area contributed by atoms with Gasteiger partial charge in [-0.05, 0) is 66.9 Å². The highest BCUT2D eigenvalue weighted by atomic mass is 16.5. The van der Waals surface area contributed by atoms with Gasteiger partial charge in [0.05, 0.1) is 21.3 Å². The summed E-state index contributed by atoms with van der Waals surface area (Å²) in [5.41, 5.74) is 3.63. The molecule has 0 saturated carbocycles. The fourth-order valence-corrected chi connectivity index (χ4v) is 4.21. The number of ether oxygens (including phenoxy) is 3. The average molecular weight is 474 g/mol. The van der Waals surface area contributed by atoms with Crippen molar-refractivity contribution in [1.29, 1.82) is 0 Å². The Balaban J connectivity index is 1.72. The van der Waals surface area contributed by atoms with Crippen LogP contribution in [0.25, 0.3) is 22.1 Å². The van der Waals surface area contributed by atoms with Gasteiger partial charge in [-0.25, -0.2) is 4.79 Å². The molecule has 4 aromatic rings. The van der Waals surface area contributed by atoms with E-state index < -0.39 is 11.5 Å². The molecule has 1 N–H and O–H groups in total. The molecule has 4 rings (SSSR count). The first-order valence-electron chi connectivity index (χ1n) is 11.2. The van der Waals surface area contributed by atoms with Crippen molar-refractivity contribution in [3.05, 3.63) is 81.7 Å². The molecule has 0 fully saturated rings. The van der Waals surface area contributed by atoms with E-state index in [1.54, 1.807) is 45.6 Å². The first-order valence-corrected chi connectivity index (χ1v) is 11.2. The predicted molar refractivity (Wildman–Crippen MR) is 136 cm³/mol. The van der Waals surface area contributed by atoms with E-state index in [9.17, 15) is 9.59 Å². The maximum absolute atomic E-state index is 13.1. The number of carbonyl (C=O) groups excluding carboxylic acids is 1. The topological polar surface area (TPSA) is 87.0 Å². The summed E-state index contributed by atoms with van der Waals surface area (Å²) in [4.78, 5) is 25.8. The van der Waals surface area contributed by atoms with E-state index in [1.165, 1.54) is 0 Å². The second kappa shape index (κ2) is 9.93. The van der Waals surface area contributed by atoms with E-state index in [4.69, 9.17) is 18.6 Å². The smallest absolute Gasteiger partial charge is 0.360 e. The molecule has 0 radical (unpaired) electrons. The number of carbonyl (C=O) groups is 1. The van der Waals surface area contributed by atoms with E-state index >= 15 is 0 Å². The molecule has 3 aromatic carbocycles. The molecule has 7 nitrogen and oxygen atoms in total. The van der Waals surface area contributed by atoms with Gasteiger partial charge in [0.15, 0.2) is 0 Å². The van der Waals surface area contributed by atoms with E-state index in [0.29, 0.717) is 33.8 Å². The number of fused-ring (bicyclic) bond motifs is 1. The summed E-state index contributed by atoms with van der Waals surface area (Å²) in [6.45, 7) is 3.90. The fourth-order valence-electron chi connectivity index (χ4n) is 4.21. The van der Waals surface area contributed by atoms with Gasteiger partial charge in [-0.15, -0.1) is 0 Å². The zero-order chi connectivity index (χ0) is 25.1. The van der Waals surface area contributed by atoms with Gasteiger partial charge in [0.25, 0.3) is 5.91 Å². The van der Waals surface area contributed by atoms with Gasteiger partial charge in [0, 0.05) is 22.1 Å². The Morgan fingerprint density at radius 3 is 2.40 bits per heavy atom. The SMILES string of the molecule is CCc1c(OC)cc2cc(NC(=O)c3ccc(OC)c(-c4cccc(OC)c4)c3)c(=O)oc2c1C. The molecule has 0 unspecified atom stereocenters. The zero-order valence-corrected chi connectivity index (χ0v) is 20.4. The molecule has 0 spiro atoms. The van der Waals surface area contributed by atoms with Crippen molar-refractivity contribution in [2.24, 2.45) is 0 Å². The first-order chi connectivity index (χ1) is 16.9. The molecule has 1 amide bonds. The van der Waals surface area contributed by atoms with Crippen LogP contribution in [-0.2, 0) is 6.42 Å². The Bertz CT molecular complexity index is 1470. The van der Waals surface area contributed by atoms with E-state index in [0.717, 1.165) is 28.7 Å². The van der Waals surface area contributed by atoms with Crippen molar-refractivity contribution in [3.8, 4) is 28.4 Å². The molecule has 7 heteroatoms. The Kier molecular flexibility index (Phi) is 6.78. The van der Waals surface area contributed by atoms with Crippen LogP contribution in [0.1, 0.15) is 28.4 Å². The third-order valence-electron chi connectivity index (χ3n) is 6.02. The molecule has 0 aliphatic carbocycles. The second-order valence-electron chi connectivity index (χ2n) is 8.00. The number of rotatable bonds is 7.